The van der Waals surface area contributed by atoms with E-state index in [1.807, 2.05) is 41.0 Å². The summed E-state index contributed by atoms with van der Waals surface area (Å²) in [7, 11) is -0.159. The van der Waals surface area contributed by atoms with Gasteiger partial charge in [0, 0.05) is 44.2 Å². The molecule has 7 heteroatoms. The van der Waals surface area contributed by atoms with Gasteiger partial charge in [0.15, 0.2) is 0 Å². The largest absolute Gasteiger partial charge is 0.464 e. The fraction of sp³-hybridized carbons (Fsp3) is 0.235. The maximum absolute atomic E-state index is 11.9. The van der Waals surface area contributed by atoms with Gasteiger partial charge in [0.05, 0.1) is 12.0 Å². The molecule has 0 N–H and O–H groups in total. The van der Waals surface area contributed by atoms with Crippen LogP contribution in [0.4, 0.5) is 0 Å². The lowest BCUT2D eigenvalue weighted by Gasteiger charge is -2.13. The van der Waals surface area contributed by atoms with Crippen LogP contribution in [0.15, 0.2) is 59.5 Å². The number of aromatic nitrogens is 2. The van der Waals surface area contributed by atoms with Crippen molar-refractivity contribution in [3.8, 4) is 22.7 Å². The van der Waals surface area contributed by atoms with Crippen molar-refractivity contribution in [2.24, 2.45) is 0 Å². The molecule has 0 bridgehead atoms. The van der Waals surface area contributed by atoms with Crippen LogP contribution in [0.25, 0.3) is 22.7 Å². The minimum absolute atomic E-state index is 0.0356. The molecule has 3 rings (SSSR count). The Labute approximate surface area is 141 Å². The summed E-state index contributed by atoms with van der Waals surface area (Å²) in [6.45, 7) is 0.357. The lowest BCUT2D eigenvalue weighted by Crippen LogP contribution is -2.27. The zero-order valence-electron chi connectivity index (χ0n) is 13.6. The summed E-state index contributed by atoms with van der Waals surface area (Å²) in [5.41, 5.74) is 1.91. The highest BCUT2D eigenvalue weighted by atomic mass is 32.2. The van der Waals surface area contributed by atoms with Crippen LogP contribution in [0.3, 0.4) is 0 Å². The summed E-state index contributed by atoms with van der Waals surface area (Å²) in [5.74, 6) is 1.59. The molecule has 3 aromatic rings. The second-order valence-corrected chi connectivity index (χ2v) is 7.90. The lowest BCUT2D eigenvalue weighted by atomic mass is 10.1. The Kier molecular flexibility index (Phi) is 4.55. The molecule has 0 aliphatic rings. The van der Waals surface area contributed by atoms with Crippen molar-refractivity contribution in [3.63, 3.8) is 0 Å². The molecule has 0 aliphatic heterocycles. The van der Waals surface area contributed by atoms with E-state index in [1.165, 1.54) is 18.4 Å². The number of benzene rings is 1. The van der Waals surface area contributed by atoms with Crippen molar-refractivity contribution in [3.05, 3.63) is 55.1 Å². The van der Waals surface area contributed by atoms with Gasteiger partial charge in [-0.15, -0.1) is 0 Å². The fourth-order valence-corrected chi connectivity index (χ4v) is 3.17. The van der Waals surface area contributed by atoms with E-state index in [0.717, 1.165) is 22.7 Å². The van der Waals surface area contributed by atoms with Gasteiger partial charge in [0.25, 0.3) is 0 Å². The number of furan rings is 1. The standard InChI is InChI=1S/C17H19N3O3S/c1-19(2)24(21,22)13-11-20-10-9-18-17(20)15-7-5-14(6-8-15)16-4-3-12-23-16/h3-10,12H,11,13H2,1-2H3. The van der Waals surface area contributed by atoms with Crippen molar-refractivity contribution < 1.29 is 12.8 Å². The van der Waals surface area contributed by atoms with Crippen LogP contribution in [-0.4, -0.2) is 42.1 Å². The number of nitrogens with zero attached hydrogens (tertiary/aromatic N) is 3. The molecule has 24 heavy (non-hydrogen) atoms. The molecular weight excluding hydrogens is 326 g/mol. The maximum atomic E-state index is 11.9. The molecule has 2 heterocycles. The third-order valence-corrected chi connectivity index (χ3v) is 5.62. The van der Waals surface area contributed by atoms with Gasteiger partial charge in [0.2, 0.25) is 10.0 Å². The Balaban J connectivity index is 1.80. The molecular formula is C17H19N3O3S. The van der Waals surface area contributed by atoms with E-state index in [4.69, 9.17) is 4.42 Å². The van der Waals surface area contributed by atoms with Gasteiger partial charge in [-0.25, -0.2) is 17.7 Å². The van der Waals surface area contributed by atoms with Crippen molar-refractivity contribution in [1.82, 2.24) is 13.9 Å². The number of hydrogen-bond donors (Lipinski definition) is 0. The molecule has 6 nitrogen and oxygen atoms in total. The first-order valence-electron chi connectivity index (χ1n) is 7.53. The molecule has 0 radical (unpaired) electrons. The van der Waals surface area contributed by atoms with E-state index in [0.29, 0.717) is 6.54 Å². The summed E-state index contributed by atoms with van der Waals surface area (Å²) in [6.07, 6.45) is 5.11. The number of hydrogen-bond acceptors (Lipinski definition) is 4. The second kappa shape index (κ2) is 6.62. The first-order valence-corrected chi connectivity index (χ1v) is 9.14. The van der Waals surface area contributed by atoms with E-state index in [1.54, 1.807) is 18.7 Å². The van der Waals surface area contributed by atoms with Gasteiger partial charge in [0.1, 0.15) is 11.6 Å². The van der Waals surface area contributed by atoms with Crippen molar-refractivity contribution >= 4 is 10.0 Å². The number of rotatable bonds is 6. The predicted octanol–water partition coefficient (Wildman–Crippen LogP) is 2.70. The monoisotopic (exact) mass is 345 g/mol. The molecule has 126 valence electrons. The highest BCUT2D eigenvalue weighted by Crippen LogP contribution is 2.24. The van der Waals surface area contributed by atoms with Crippen LogP contribution in [0.2, 0.25) is 0 Å². The predicted molar refractivity (Wildman–Crippen MR) is 92.8 cm³/mol. The van der Waals surface area contributed by atoms with Crippen LogP contribution in [0.1, 0.15) is 0 Å². The van der Waals surface area contributed by atoms with Crippen LogP contribution >= 0.6 is 0 Å². The minimum Gasteiger partial charge on any atom is -0.464 e. The molecule has 0 fully saturated rings. The van der Waals surface area contributed by atoms with Gasteiger partial charge in [-0.05, 0) is 12.1 Å². The Hall–Kier alpha value is -2.38. The quantitative estimate of drug-likeness (QED) is 0.689. The molecule has 0 saturated heterocycles. The van der Waals surface area contributed by atoms with Crippen LogP contribution in [0, 0.1) is 0 Å². The zero-order valence-corrected chi connectivity index (χ0v) is 14.4. The Morgan fingerprint density at radius 2 is 1.83 bits per heavy atom. The summed E-state index contributed by atoms with van der Waals surface area (Å²) in [6, 6.07) is 11.6. The molecule has 2 aromatic heterocycles. The highest BCUT2D eigenvalue weighted by Gasteiger charge is 2.15. The third-order valence-electron chi connectivity index (χ3n) is 3.81. The number of imidazole rings is 1. The number of aryl methyl sites for hydroxylation is 1. The minimum atomic E-state index is -3.24. The van der Waals surface area contributed by atoms with Gasteiger partial charge in [-0.3, -0.25) is 0 Å². The Morgan fingerprint density at radius 3 is 2.46 bits per heavy atom. The van der Waals surface area contributed by atoms with Crippen molar-refractivity contribution in [1.29, 1.82) is 0 Å². The Morgan fingerprint density at radius 1 is 1.12 bits per heavy atom. The third kappa shape index (κ3) is 3.42. The average Bonchev–Trinajstić information content (AvgIpc) is 3.24. The van der Waals surface area contributed by atoms with Crippen molar-refractivity contribution in [2.45, 2.75) is 6.54 Å². The molecule has 0 amide bonds. The molecule has 0 atom stereocenters. The first kappa shape index (κ1) is 16.5. The Bertz CT molecular complexity index is 895. The molecule has 0 saturated carbocycles. The van der Waals surface area contributed by atoms with Gasteiger partial charge in [-0.2, -0.15) is 0 Å². The molecule has 0 unspecified atom stereocenters. The van der Waals surface area contributed by atoms with Crippen LogP contribution < -0.4 is 0 Å². The summed E-state index contributed by atoms with van der Waals surface area (Å²) < 4.78 is 32.3. The first-order chi connectivity index (χ1) is 11.5. The summed E-state index contributed by atoms with van der Waals surface area (Å²) in [5, 5.41) is 0. The normalized spacial score (nSPS) is 12.0. The lowest BCUT2D eigenvalue weighted by molar-refractivity contribution is 0.515. The summed E-state index contributed by atoms with van der Waals surface area (Å²) in [4.78, 5) is 4.36. The van der Waals surface area contributed by atoms with E-state index in [-0.39, 0.29) is 5.75 Å². The van der Waals surface area contributed by atoms with E-state index < -0.39 is 10.0 Å². The zero-order chi connectivity index (χ0) is 17.2. The number of sulfonamides is 1. The smallest absolute Gasteiger partial charge is 0.215 e. The average molecular weight is 345 g/mol. The maximum Gasteiger partial charge on any atom is 0.215 e. The van der Waals surface area contributed by atoms with Gasteiger partial charge in [-0.1, -0.05) is 24.3 Å². The van der Waals surface area contributed by atoms with Crippen molar-refractivity contribution in [2.75, 3.05) is 19.8 Å². The SMILES string of the molecule is CN(C)S(=O)(=O)CCn1ccnc1-c1ccc(-c2ccco2)cc1. The molecule has 1 aromatic carbocycles. The van der Waals surface area contributed by atoms with Crippen LogP contribution in [-0.2, 0) is 16.6 Å². The highest BCUT2D eigenvalue weighted by molar-refractivity contribution is 7.89. The van der Waals surface area contributed by atoms with Gasteiger partial charge >= 0.3 is 0 Å². The van der Waals surface area contributed by atoms with E-state index in [2.05, 4.69) is 4.98 Å². The molecule has 0 aliphatic carbocycles. The summed E-state index contributed by atoms with van der Waals surface area (Å²) >= 11 is 0. The molecule has 0 spiro atoms. The van der Waals surface area contributed by atoms with Crippen LogP contribution in [0.5, 0.6) is 0 Å². The fourth-order valence-electron chi connectivity index (χ4n) is 2.37. The van der Waals surface area contributed by atoms with E-state index >= 15 is 0 Å². The van der Waals surface area contributed by atoms with Gasteiger partial charge < -0.3 is 8.98 Å². The van der Waals surface area contributed by atoms with E-state index in [9.17, 15) is 8.42 Å². The topological polar surface area (TPSA) is 68.3 Å². The second-order valence-electron chi connectivity index (χ2n) is 5.60.